The number of hydrogen-bond donors (Lipinski definition) is 2. The van der Waals surface area contributed by atoms with E-state index in [1.165, 1.54) is 32.5 Å². The summed E-state index contributed by atoms with van der Waals surface area (Å²) in [7, 11) is 0. The molecular weight excluding hydrogens is 160 g/mol. The van der Waals surface area contributed by atoms with E-state index in [0.29, 0.717) is 0 Å². The van der Waals surface area contributed by atoms with Gasteiger partial charge in [-0.15, -0.1) is 12.3 Å². The minimum atomic E-state index is 0.882. The van der Waals surface area contributed by atoms with Gasteiger partial charge in [-0.2, -0.15) is 0 Å². The Hall–Kier alpha value is -0.520. The number of unbranched alkanes of at least 4 members (excludes halogenated alkanes) is 1. The molecule has 1 saturated heterocycles. The first kappa shape index (κ1) is 10.6. The Morgan fingerprint density at radius 2 is 2.15 bits per heavy atom. The van der Waals surface area contributed by atoms with Crippen LogP contribution < -0.4 is 10.6 Å². The highest BCUT2D eigenvalue weighted by atomic mass is 14.9. The highest BCUT2D eigenvalue weighted by Gasteiger charge is 2.11. The molecule has 2 nitrogen and oxygen atoms in total. The number of nitrogens with one attached hydrogen (secondary N) is 2. The molecule has 0 bridgehead atoms. The molecule has 0 amide bonds. The molecule has 0 radical (unpaired) electrons. The number of rotatable bonds is 5. The Morgan fingerprint density at radius 1 is 1.38 bits per heavy atom. The molecule has 1 aliphatic heterocycles. The van der Waals surface area contributed by atoms with E-state index in [0.717, 1.165) is 25.3 Å². The third-order valence-corrected chi connectivity index (χ3v) is 2.57. The van der Waals surface area contributed by atoms with Gasteiger partial charge in [0, 0.05) is 6.42 Å². The van der Waals surface area contributed by atoms with Gasteiger partial charge in [0.25, 0.3) is 0 Å². The Kier molecular flexibility index (Phi) is 5.64. The smallest absolute Gasteiger partial charge is 0.00981 e. The van der Waals surface area contributed by atoms with Crippen molar-refractivity contribution < 1.29 is 0 Å². The van der Waals surface area contributed by atoms with Crippen LogP contribution in [0, 0.1) is 18.3 Å². The summed E-state index contributed by atoms with van der Waals surface area (Å²) in [5.41, 5.74) is 0. The Labute approximate surface area is 81.5 Å². The topological polar surface area (TPSA) is 24.1 Å². The van der Waals surface area contributed by atoms with Crippen LogP contribution in [0.4, 0.5) is 0 Å². The van der Waals surface area contributed by atoms with Crippen molar-refractivity contribution in [2.24, 2.45) is 5.92 Å². The second-order valence-electron chi connectivity index (χ2n) is 3.71. The molecule has 0 unspecified atom stereocenters. The monoisotopic (exact) mass is 180 g/mol. The van der Waals surface area contributed by atoms with Crippen LogP contribution in [0.2, 0.25) is 0 Å². The van der Waals surface area contributed by atoms with E-state index in [1.54, 1.807) is 0 Å². The van der Waals surface area contributed by atoms with E-state index in [1.807, 2.05) is 0 Å². The summed E-state index contributed by atoms with van der Waals surface area (Å²) < 4.78 is 0. The van der Waals surface area contributed by atoms with E-state index in [4.69, 9.17) is 6.42 Å². The van der Waals surface area contributed by atoms with Crippen molar-refractivity contribution in [3.05, 3.63) is 0 Å². The minimum absolute atomic E-state index is 0.882. The number of piperidine rings is 1. The maximum Gasteiger partial charge on any atom is 0.00981 e. The lowest BCUT2D eigenvalue weighted by atomic mass is 9.98. The zero-order valence-electron chi connectivity index (χ0n) is 8.31. The van der Waals surface area contributed by atoms with E-state index < -0.39 is 0 Å². The maximum atomic E-state index is 5.17. The Balaban J connectivity index is 1.90. The molecule has 2 heteroatoms. The lowest BCUT2D eigenvalue weighted by molar-refractivity contribution is 0.357. The standard InChI is InChI=1S/C11H20N2/c1-2-3-4-7-13-10-11-5-8-12-9-6-11/h1,11-13H,3-10H2. The van der Waals surface area contributed by atoms with Gasteiger partial charge in [-0.1, -0.05) is 0 Å². The van der Waals surface area contributed by atoms with Crippen molar-refractivity contribution in [3.8, 4) is 12.3 Å². The first-order valence-corrected chi connectivity index (χ1v) is 5.28. The molecule has 0 atom stereocenters. The average molecular weight is 180 g/mol. The molecule has 1 aliphatic rings. The second-order valence-corrected chi connectivity index (χ2v) is 3.71. The summed E-state index contributed by atoms with van der Waals surface area (Å²) in [6.45, 7) is 4.63. The van der Waals surface area contributed by atoms with Gasteiger partial charge in [-0.3, -0.25) is 0 Å². The van der Waals surface area contributed by atoms with E-state index in [9.17, 15) is 0 Å². The number of hydrogen-bond acceptors (Lipinski definition) is 2. The van der Waals surface area contributed by atoms with Crippen molar-refractivity contribution in [2.45, 2.75) is 25.7 Å². The predicted molar refractivity (Wildman–Crippen MR) is 56.5 cm³/mol. The van der Waals surface area contributed by atoms with Crippen molar-refractivity contribution in [1.29, 1.82) is 0 Å². The van der Waals surface area contributed by atoms with Gasteiger partial charge < -0.3 is 10.6 Å². The van der Waals surface area contributed by atoms with Crippen LogP contribution in [0.25, 0.3) is 0 Å². The zero-order valence-corrected chi connectivity index (χ0v) is 8.31. The normalized spacial score (nSPS) is 18.4. The van der Waals surface area contributed by atoms with Gasteiger partial charge in [0.1, 0.15) is 0 Å². The summed E-state index contributed by atoms with van der Waals surface area (Å²) in [6, 6.07) is 0. The van der Waals surface area contributed by atoms with Crippen LogP contribution in [0.1, 0.15) is 25.7 Å². The van der Waals surface area contributed by atoms with Crippen LogP contribution in [0.5, 0.6) is 0 Å². The molecule has 2 N–H and O–H groups in total. The van der Waals surface area contributed by atoms with Gasteiger partial charge >= 0.3 is 0 Å². The van der Waals surface area contributed by atoms with E-state index in [-0.39, 0.29) is 0 Å². The molecule has 74 valence electrons. The first-order valence-electron chi connectivity index (χ1n) is 5.28. The number of terminal acetylenes is 1. The molecule has 0 saturated carbocycles. The van der Waals surface area contributed by atoms with Gasteiger partial charge in [0.05, 0.1) is 0 Å². The zero-order chi connectivity index (χ0) is 9.36. The fourth-order valence-electron chi connectivity index (χ4n) is 1.71. The van der Waals surface area contributed by atoms with Crippen molar-refractivity contribution in [2.75, 3.05) is 26.2 Å². The van der Waals surface area contributed by atoms with Crippen LogP contribution in [-0.4, -0.2) is 26.2 Å². The molecule has 0 spiro atoms. The molecule has 0 aliphatic carbocycles. The highest BCUT2D eigenvalue weighted by molar-refractivity contribution is 4.83. The van der Waals surface area contributed by atoms with Crippen molar-refractivity contribution >= 4 is 0 Å². The second kappa shape index (κ2) is 6.94. The SMILES string of the molecule is C#CCCCNCC1CCNCC1. The molecule has 1 rings (SSSR count). The van der Waals surface area contributed by atoms with Gasteiger partial charge in [0.2, 0.25) is 0 Å². The minimum Gasteiger partial charge on any atom is -0.317 e. The summed E-state index contributed by atoms with van der Waals surface area (Å²) in [5.74, 6) is 3.54. The molecule has 1 heterocycles. The highest BCUT2D eigenvalue weighted by Crippen LogP contribution is 2.09. The average Bonchev–Trinajstić information content (AvgIpc) is 2.19. The van der Waals surface area contributed by atoms with Gasteiger partial charge in [0.15, 0.2) is 0 Å². The van der Waals surface area contributed by atoms with Crippen LogP contribution in [-0.2, 0) is 0 Å². The van der Waals surface area contributed by atoms with Crippen LogP contribution >= 0.6 is 0 Å². The van der Waals surface area contributed by atoms with Crippen molar-refractivity contribution in [1.82, 2.24) is 10.6 Å². The summed E-state index contributed by atoms with van der Waals surface area (Å²) in [6.07, 6.45) is 9.83. The third kappa shape index (κ3) is 4.92. The Morgan fingerprint density at radius 3 is 2.85 bits per heavy atom. The molecular formula is C11H20N2. The van der Waals surface area contributed by atoms with Gasteiger partial charge in [-0.05, 0) is 51.4 Å². The molecule has 1 fully saturated rings. The fraction of sp³-hybridized carbons (Fsp3) is 0.818. The molecule has 0 aromatic rings. The molecule has 0 aromatic heterocycles. The van der Waals surface area contributed by atoms with Crippen LogP contribution in [0.15, 0.2) is 0 Å². The van der Waals surface area contributed by atoms with Gasteiger partial charge in [-0.25, -0.2) is 0 Å². The lowest BCUT2D eigenvalue weighted by Crippen LogP contribution is -2.33. The Bertz CT molecular complexity index is 154. The fourth-order valence-corrected chi connectivity index (χ4v) is 1.71. The third-order valence-electron chi connectivity index (χ3n) is 2.57. The quantitative estimate of drug-likeness (QED) is 0.487. The van der Waals surface area contributed by atoms with Crippen molar-refractivity contribution in [3.63, 3.8) is 0 Å². The molecule has 0 aromatic carbocycles. The lowest BCUT2D eigenvalue weighted by Gasteiger charge is -2.22. The summed E-state index contributed by atoms with van der Waals surface area (Å²) in [4.78, 5) is 0. The van der Waals surface area contributed by atoms with E-state index >= 15 is 0 Å². The predicted octanol–water partition coefficient (Wildman–Crippen LogP) is 0.989. The summed E-state index contributed by atoms with van der Waals surface area (Å²) in [5, 5.41) is 6.84. The molecule has 13 heavy (non-hydrogen) atoms. The maximum absolute atomic E-state index is 5.17. The largest absolute Gasteiger partial charge is 0.317 e. The van der Waals surface area contributed by atoms with Crippen LogP contribution in [0.3, 0.4) is 0 Å². The summed E-state index contributed by atoms with van der Waals surface area (Å²) >= 11 is 0. The van der Waals surface area contributed by atoms with E-state index in [2.05, 4.69) is 16.6 Å². The first-order chi connectivity index (χ1) is 6.43.